The second-order valence-corrected chi connectivity index (χ2v) is 5.34. The fourth-order valence-corrected chi connectivity index (χ4v) is 3.10. The van der Waals surface area contributed by atoms with Crippen LogP contribution in [-0.4, -0.2) is 18.9 Å². The van der Waals surface area contributed by atoms with Crippen LogP contribution in [0.15, 0.2) is 24.3 Å². The lowest BCUT2D eigenvalue weighted by Crippen LogP contribution is -2.31. The third-order valence-corrected chi connectivity index (χ3v) is 4.22. The van der Waals surface area contributed by atoms with E-state index in [1.54, 1.807) is 0 Å². The summed E-state index contributed by atoms with van der Waals surface area (Å²) in [7, 11) is 0. The fraction of sp³-hybridized carbons (Fsp3) is 0.538. The summed E-state index contributed by atoms with van der Waals surface area (Å²) in [6.45, 7) is 6.13. The predicted molar refractivity (Wildman–Crippen MR) is 70.0 cm³/mol. The van der Waals surface area contributed by atoms with Crippen molar-refractivity contribution in [1.82, 2.24) is 5.32 Å². The molecular weight excluding hydrogens is 218 g/mol. The molecule has 1 aromatic rings. The second-order valence-electron chi connectivity index (χ2n) is 4.20. The Morgan fingerprint density at radius 3 is 2.94 bits per heavy atom. The molecule has 0 spiro atoms. The molecule has 0 radical (unpaired) electrons. The van der Waals surface area contributed by atoms with Gasteiger partial charge in [-0.25, -0.2) is 0 Å². The van der Waals surface area contributed by atoms with Crippen molar-refractivity contribution in [3.8, 4) is 5.75 Å². The van der Waals surface area contributed by atoms with Gasteiger partial charge < -0.3 is 10.1 Å². The van der Waals surface area contributed by atoms with Crippen LogP contribution in [0.3, 0.4) is 0 Å². The molecule has 1 N–H and O–H groups in total. The third kappa shape index (κ3) is 2.71. The van der Waals surface area contributed by atoms with Crippen molar-refractivity contribution in [2.24, 2.45) is 5.92 Å². The van der Waals surface area contributed by atoms with Gasteiger partial charge in [0.25, 0.3) is 0 Å². The number of hydrogen-bond acceptors (Lipinski definition) is 3. The summed E-state index contributed by atoms with van der Waals surface area (Å²) in [5, 5.41) is 3.95. The minimum atomic E-state index is 0.388. The molecule has 1 aliphatic heterocycles. The van der Waals surface area contributed by atoms with Gasteiger partial charge >= 0.3 is 0 Å². The van der Waals surface area contributed by atoms with Crippen LogP contribution in [0, 0.1) is 5.92 Å². The largest absolute Gasteiger partial charge is 0.494 e. The zero-order valence-corrected chi connectivity index (χ0v) is 10.7. The van der Waals surface area contributed by atoms with Crippen LogP contribution in [0.2, 0.25) is 0 Å². The Labute approximate surface area is 102 Å². The van der Waals surface area contributed by atoms with E-state index in [1.807, 2.05) is 24.8 Å². The molecule has 88 valence electrons. The van der Waals surface area contributed by atoms with Crippen molar-refractivity contribution in [3.63, 3.8) is 0 Å². The first-order valence-electron chi connectivity index (χ1n) is 5.88. The van der Waals surface area contributed by atoms with Gasteiger partial charge in [0.2, 0.25) is 0 Å². The molecule has 3 heteroatoms. The Balaban J connectivity index is 2.13. The summed E-state index contributed by atoms with van der Waals surface area (Å²) in [4.78, 5) is 0. The average Bonchev–Trinajstić information content (AvgIpc) is 2.32. The Hall–Kier alpha value is -0.670. The topological polar surface area (TPSA) is 21.3 Å². The van der Waals surface area contributed by atoms with E-state index >= 15 is 0 Å². The zero-order valence-electron chi connectivity index (χ0n) is 9.90. The molecule has 0 bridgehead atoms. The van der Waals surface area contributed by atoms with Gasteiger partial charge in [0, 0.05) is 5.56 Å². The molecule has 0 aliphatic carbocycles. The van der Waals surface area contributed by atoms with Gasteiger partial charge in [-0.2, -0.15) is 0 Å². The minimum Gasteiger partial charge on any atom is -0.494 e. The first-order chi connectivity index (χ1) is 7.81. The molecule has 1 saturated heterocycles. The quantitative estimate of drug-likeness (QED) is 0.873. The molecule has 1 heterocycles. The van der Waals surface area contributed by atoms with Crippen LogP contribution in [0.4, 0.5) is 0 Å². The van der Waals surface area contributed by atoms with Crippen molar-refractivity contribution < 1.29 is 4.74 Å². The monoisotopic (exact) mass is 237 g/mol. The van der Waals surface area contributed by atoms with Crippen molar-refractivity contribution in [2.75, 3.05) is 18.9 Å². The number of thioether (sulfide) groups is 1. The molecule has 16 heavy (non-hydrogen) atoms. The highest BCUT2D eigenvalue weighted by atomic mass is 32.2. The number of para-hydroxylation sites is 1. The van der Waals surface area contributed by atoms with Crippen molar-refractivity contribution in [2.45, 2.75) is 19.2 Å². The molecule has 1 aliphatic rings. The van der Waals surface area contributed by atoms with Gasteiger partial charge in [-0.3, -0.25) is 0 Å². The summed E-state index contributed by atoms with van der Waals surface area (Å²) >= 11 is 1.97. The first-order valence-corrected chi connectivity index (χ1v) is 6.93. The Kier molecular flexibility index (Phi) is 4.13. The predicted octanol–water partition coefficient (Wildman–Crippen LogP) is 3.06. The maximum absolute atomic E-state index is 5.66. The van der Waals surface area contributed by atoms with E-state index < -0.39 is 0 Å². The Morgan fingerprint density at radius 2 is 2.25 bits per heavy atom. The number of rotatable bonds is 3. The lowest BCUT2D eigenvalue weighted by molar-refractivity contribution is 0.334. The van der Waals surface area contributed by atoms with Gasteiger partial charge in [-0.05, 0) is 31.2 Å². The summed E-state index contributed by atoms with van der Waals surface area (Å²) in [5.74, 6) is 3.00. The van der Waals surface area contributed by atoms with Crippen LogP contribution in [0.1, 0.15) is 24.8 Å². The average molecular weight is 237 g/mol. The summed E-state index contributed by atoms with van der Waals surface area (Å²) in [6.07, 6.45) is 0. The molecule has 0 amide bonds. The van der Waals surface area contributed by atoms with E-state index in [0.29, 0.717) is 5.37 Å². The maximum atomic E-state index is 5.66. The van der Waals surface area contributed by atoms with E-state index in [4.69, 9.17) is 4.74 Å². The van der Waals surface area contributed by atoms with Crippen molar-refractivity contribution in [1.29, 1.82) is 0 Å². The molecular formula is C13H19NOS. The standard InChI is InChI=1S/C13H19NOS/c1-3-15-12-7-5-4-6-11(12)13-14-8-10(2)9-16-13/h4-7,10,13-14H,3,8-9H2,1-2H3. The van der Waals surface area contributed by atoms with E-state index in [1.165, 1.54) is 11.3 Å². The SMILES string of the molecule is CCOc1ccccc1C1NCC(C)CS1. The molecule has 2 atom stereocenters. The van der Waals surface area contributed by atoms with Gasteiger partial charge in [-0.1, -0.05) is 25.1 Å². The number of hydrogen-bond donors (Lipinski definition) is 1. The van der Waals surface area contributed by atoms with E-state index in [-0.39, 0.29) is 0 Å². The van der Waals surface area contributed by atoms with E-state index in [0.717, 1.165) is 24.8 Å². The van der Waals surface area contributed by atoms with Crippen molar-refractivity contribution >= 4 is 11.8 Å². The summed E-state index contributed by atoms with van der Waals surface area (Å²) in [5.41, 5.74) is 1.28. The van der Waals surface area contributed by atoms with Crippen LogP contribution in [-0.2, 0) is 0 Å². The van der Waals surface area contributed by atoms with Gasteiger partial charge in [0.1, 0.15) is 5.75 Å². The van der Waals surface area contributed by atoms with Crippen LogP contribution < -0.4 is 10.1 Å². The normalized spacial score (nSPS) is 25.4. The lowest BCUT2D eigenvalue weighted by atomic mass is 10.1. The van der Waals surface area contributed by atoms with E-state index in [9.17, 15) is 0 Å². The highest BCUT2D eigenvalue weighted by Crippen LogP contribution is 2.36. The third-order valence-electron chi connectivity index (χ3n) is 2.70. The minimum absolute atomic E-state index is 0.388. The second kappa shape index (κ2) is 5.60. The fourth-order valence-electron chi connectivity index (χ4n) is 1.87. The molecule has 2 rings (SSSR count). The molecule has 1 aromatic carbocycles. The van der Waals surface area contributed by atoms with Gasteiger partial charge in [0.05, 0.1) is 12.0 Å². The zero-order chi connectivity index (χ0) is 11.4. The number of benzene rings is 1. The molecule has 0 saturated carbocycles. The number of nitrogens with one attached hydrogen (secondary N) is 1. The molecule has 1 fully saturated rings. The Morgan fingerprint density at radius 1 is 1.44 bits per heavy atom. The van der Waals surface area contributed by atoms with Crippen LogP contribution in [0.5, 0.6) is 5.75 Å². The van der Waals surface area contributed by atoms with E-state index in [2.05, 4.69) is 30.4 Å². The van der Waals surface area contributed by atoms with Gasteiger partial charge in [0.15, 0.2) is 0 Å². The van der Waals surface area contributed by atoms with Crippen LogP contribution >= 0.6 is 11.8 Å². The highest BCUT2D eigenvalue weighted by molar-refractivity contribution is 7.99. The lowest BCUT2D eigenvalue weighted by Gasteiger charge is -2.28. The van der Waals surface area contributed by atoms with Gasteiger partial charge in [-0.15, -0.1) is 11.8 Å². The Bertz CT molecular complexity index is 334. The van der Waals surface area contributed by atoms with Crippen molar-refractivity contribution in [3.05, 3.63) is 29.8 Å². The molecule has 2 unspecified atom stereocenters. The molecule has 2 nitrogen and oxygen atoms in total. The van der Waals surface area contributed by atoms with Crippen LogP contribution in [0.25, 0.3) is 0 Å². The highest BCUT2D eigenvalue weighted by Gasteiger charge is 2.21. The smallest absolute Gasteiger partial charge is 0.124 e. The number of ether oxygens (including phenoxy) is 1. The first kappa shape index (κ1) is 11.8. The maximum Gasteiger partial charge on any atom is 0.124 e. The molecule has 0 aromatic heterocycles. The summed E-state index contributed by atoms with van der Waals surface area (Å²) < 4.78 is 5.66. The summed E-state index contributed by atoms with van der Waals surface area (Å²) in [6, 6.07) is 8.33.